The standard InChI is InChI=1S/C32H30N6O12S2/c1-16(50-32(43)49-14-18-4-8-20(9-5-18)38(46)47)26-24-11-25(27(29(40)41)36(24)28(26)39)52-21-10-23(22-15-51-30(33)34-22)35(12-21)31(42)48-13-17-2-6-19(7-3-17)37(44)45/h2-9,15-16,21,23-24,26H,10-14H2,1H3,(H2,33,34)(H,40,41)/t16-,21?,23?,24-,26-/m1/s1. The normalized spacial score (nSPS) is 21.3. The molecular formula is C32H30N6O12S2. The Morgan fingerprint density at radius 2 is 1.63 bits per heavy atom. The average Bonchev–Trinajstić information content (AvgIpc) is 3.82. The number of nitrogens with zero attached hydrogens (tertiary/aromatic N) is 5. The number of nitro benzene ring substituents is 2. The molecule has 2 amide bonds. The number of hydrogen-bond donors (Lipinski definition) is 2. The van der Waals surface area contributed by atoms with Crippen LogP contribution in [0.3, 0.4) is 0 Å². The molecule has 0 spiro atoms. The van der Waals surface area contributed by atoms with Crippen molar-refractivity contribution in [1.29, 1.82) is 0 Å². The Labute approximate surface area is 302 Å². The maximum absolute atomic E-state index is 13.4. The summed E-state index contributed by atoms with van der Waals surface area (Å²) in [6, 6.07) is 9.87. The van der Waals surface area contributed by atoms with E-state index < -0.39 is 58.1 Å². The maximum atomic E-state index is 13.4. The van der Waals surface area contributed by atoms with Gasteiger partial charge in [-0.15, -0.1) is 23.1 Å². The number of non-ortho nitro benzene ring substituents is 2. The third-order valence-electron chi connectivity index (χ3n) is 8.86. The number of ether oxygens (including phenoxy) is 3. The van der Waals surface area contributed by atoms with Gasteiger partial charge in [0.05, 0.1) is 33.5 Å². The van der Waals surface area contributed by atoms with Gasteiger partial charge in [-0.2, -0.15) is 0 Å². The van der Waals surface area contributed by atoms with Gasteiger partial charge in [0, 0.05) is 52.8 Å². The van der Waals surface area contributed by atoms with E-state index in [4.69, 9.17) is 19.9 Å². The third kappa shape index (κ3) is 7.47. The highest BCUT2D eigenvalue weighted by atomic mass is 32.2. The molecule has 0 radical (unpaired) electrons. The van der Waals surface area contributed by atoms with Gasteiger partial charge in [0.15, 0.2) is 5.13 Å². The number of fused-ring (bicyclic) bond motifs is 1. The fraction of sp³-hybridized carbons (Fsp3) is 0.344. The number of hydrogen-bond acceptors (Lipinski definition) is 15. The van der Waals surface area contributed by atoms with Gasteiger partial charge >= 0.3 is 18.2 Å². The fourth-order valence-corrected chi connectivity index (χ4v) is 8.49. The first-order valence-corrected chi connectivity index (χ1v) is 17.5. The first-order chi connectivity index (χ1) is 24.8. The summed E-state index contributed by atoms with van der Waals surface area (Å²) in [5.41, 5.74) is 7.06. The van der Waals surface area contributed by atoms with Crippen LogP contribution in [0.2, 0.25) is 0 Å². The van der Waals surface area contributed by atoms with Gasteiger partial charge in [0.1, 0.15) is 25.0 Å². The topological polar surface area (TPSA) is 248 Å². The number of benzene rings is 2. The molecule has 52 heavy (non-hydrogen) atoms. The number of thiazole rings is 1. The summed E-state index contributed by atoms with van der Waals surface area (Å²) in [6.07, 6.45) is -2.12. The highest BCUT2D eigenvalue weighted by Gasteiger charge is 2.58. The lowest BCUT2D eigenvalue weighted by Gasteiger charge is -2.45. The van der Waals surface area contributed by atoms with Crippen molar-refractivity contribution in [1.82, 2.24) is 14.8 Å². The molecule has 1 aromatic heterocycles. The molecule has 2 unspecified atom stereocenters. The Balaban J connectivity index is 1.09. The van der Waals surface area contributed by atoms with Crippen molar-refractivity contribution in [2.24, 2.45) is 5.92 Å². The van der Waals surface area contributed by atoms with E-state index in [9.17, 15) is 44.5 Å². The lowest BCUT2D eigenvalue weighted by Crippen LogP contribution is -2.62. The smallest absolute Gasteiger partial charge is 0.477 e. The lowest BCUT2D eigenvalue weighted by atomic mass is 9.83. The minimum atomic E-state index is -1.30. The van der Waals surface area contributed by atoms with Gasteiger partial charge in [-0.1, -0.05) is 0 Å². The molecule has 18 nitrogen and oxygen atoms in total. The minimum absolute atomic E-state index is 0.100. The van der Waals surface area contributed by atoms with Crippen molar-refractivity contribution in [3.05, 3.63) is 102 Å². The number of carboxylic acids is 1. The van der Waals surface area contributed by atoms with Crippen LogP contribution in [0.1, 0.15) is 42.6 Å². The van der Waals surface area contributed by atoms with Crippen LogP contribution >= 0.6 is 23.1 Å². The first-order valence-electron chi connectivity index (χ1n) is 15.7. The summed E-state index contributed by atoms with van der Waals surface area (Å²) in [4.78, 5) is 79.7. The molecular weight excluding hydrogens is 725 g/mol. The number of β-lactam (4-membered cyclic amide) rings is 1. The van der Waals surface area contributed by atoms with Crippen LogP contribution in [-0.4, -0.2) is 77.8 Å². The molecule has 3 aliphatic heterocycles. The second-order valence-electron chi connectivity index (χ2n) is 12.1. The second-order valence-corrected chi connectivity index (χ2v) is 14.4. The number of carbonyl (C=O) groups is 4. The largest absolute Gasteiger partial charge is 0.508 e. The van der Waals surface area contributed by atoms with Gasteiger partial charge in [-0.3, -0.25) is 29.9 Å². The second kappa shape index (κ2) is 14.8. The molecule has 3 aromatic rings. The molecule has 0 bridgehead atoms. The molecule has 2 saturated heterocycles. The number of anilines is 1. The van der Waals surface area contributed by atoms with Gasteiger partial charge in [0.25, 0.3) is 11.4 Å². The van der Waals surface area contributed by atoms with Crippen molar-refractivity contribution in [2.75, 3.05) is 12.3 Å². The van der Waals surface area contributed by atoms with Crippen LogP contribution in [0.25, 0.3) is 0 Å². The Morgan fingerprint density at radius 3 is 2.17 bits per heavy atom. The Kier molecular flexibility index (Phi) is 10.3. The monoisotopic (exact) mass is 754 g/mol. The van der Waals surface area contributed by atoms with Crippen LogP contribution in [0.15, 0.2) is 64.5 Å². The number of thioether (sulfide) groups is 1. The predicted octanol–water partition coefficient (Wildman–Crippen LogP) is 5.00. The number of aliphatic carboxylic acids is 1. The number of carbonyl (C=O) groups excluding carboxylic acids is 3. The molecule has 272 valence electrons. The van der Waals surface area contributed by atoms with Crippen LogP contribution in [0.5, 0.6) is 0 Å². The van der Waals surface area contributed by atoms with Gasteiger partial charge in [-0.25, -0.2) is 19.4 Å². The number of nitro groups is 2. The van der Waals surface area contributed by atoms with Gasteiger partial charge < -0.3 is 30.0 Å². The SMILES string of the molecule is C[C@@H](OC(=O)OCc1ccc([N+](=O)[O-])cc1)[C@H]1C(=O)N2C(C(=O)O)=C(SC3CC(c4csc(N)n4)N(C(=O)OCc4ccc([N+](=O)[O-])cc4)C3)C[C@H]12. The first kappa shape index (κ1) is 36.0. The highest BCUT2D eigenvalue weighted by molar-refractivity contribution is 8.03. The Morgan fingerprint density at radius 1 is 1.04 bits per heavy atom. The fourth-order valence-electron chi connectivity index (χ4n) is 6.40. The van der Waals surface area contributed by atoms with E-state index in [0.29, 0.717) is 33.3 Å². The molecule has 4 heterocycles. The molecule has 0 saturated carbocycles. The zero-order valence-electron chi connectivity index (χ0n) is 27.2. The van der Waals surface area contributed by atoms with Crippen molar-refractivity contribution >= 4 is 63.7 Å². The molecule has 20 heteroatoms. The third-order valence-corrected chi connectivity index (χ3v) is 10.9. The van der Waals surface area contributed by atoms with Crippen molar-refractivity contribution in [3.63, 3.8) is 0 Å². The zero-order chi connectivity index (χ0) is 37.3. The molecule has 2 aromatic carbocycles. The van der Waals surface area contributed by atoms with E-state index in [2.05, 4.69) is 4.98 Å². The highest BCUT2D eigenvalue weighted by Crippen LogP contribution is 2.50. The van der Waals surface area contributed by atoms with Crippen LogP contribution in [0, 0.1) is 26.1 Å². The molecule has 3 aliphatic rings. The number of likely N-dealkylation sites (tertiary alicyclic amines) is 1. The molecule has 5 atom stereocenters. The summed E-state index contributed by atoms with van der Waals surface area (Å²) < 4.78 is 16.0. The summed E-state index contributed by atoms with van der Waals surface area (Å²) in [7, 11) is 0. The molecule has 6 rings (SSSR count). The summed E-state index contributed by atoms with van der Waals surface area (Å²) in [5.74, 6) is -2.65. The number of nitrogens with two attached hydrogens (primary N) is 1. The lowest BCUT2D eigenvalue weighted by molar-refractivity contribution is -0.385. The van der Waals surface area contributed by atoms with Crippen LogP contribution in [0.4, 0.5) is 26.1 Å². The summed E-state index contributed by atoms with van der Waals surface area (Å²) >= 11 is 2.45. The summed E-state index contributed by atoms with van der Waals surface area (Å²) in [5, 5.41) is 33.7. The maximum Gasteiger partial charge on any atom is 0.508 e. The number of nitrogen functional groups attached to an aromatic ring is 1. The summed E-state index contributed by atoms with van der Waals surface area (Å²) in [6.45, 7) is 1.31. The quantitative estimate of drug-likeness (QED) is 0.107. The Hall–Kier alpha value is -5.76. The van der Waals surface area contributed by atoms with E-state index >= 15 is 0 Å². The van der Waals surface area contributed by atoms with E-state index in [1.54, 1.807) is 5.38 Å². The zero-order valence-corrected chi connectivity index (χ0v) is 28.8. The van der Waals surface area contributed by atoms with Crippen LogP contribution in [-0.2, 0) is 37.0 Å². The predicted molar refractivity (Wildman–Crippen MR) is 182 cm³/mol. The molecule has 0 aliphatic carbocycles. The number of amides is 2. The molecule has 3 N–H and O–H groups in total. The van der Waals surface area contributed by atoms with E-state index in [1.165, 1.54) is 88.4 Å². The van der Waals surface area contributed by atoms with Crippen molar-refractivity contribution in [2.45, 2.75) is 56.4 Å². The van der Waals surface area contributed by atoms with Crippen molar-refractivity contribution in [3.8, 4) is 0 Å². The van der Waals surface area contributed by atoms with Crippen LogP contribution < -0.4 is 5.73 Å². The number of rotatable bonds is 12. The average molecular weight is 755 g/mol. The number of aromatic nitrogens is 1. The minimum Gasteiger partial charge on any atom is -0.477 e. The number of carboxylic acid groups (broad SMARTS) is 1. The van der Waals surface area contributed by atoms with E-state index in [-0.39, 0.29) is 48.5 Å². The molecule has 2 fully saturated rings. The van der Waals surface area contributed by atoms with Gasteiger partial charge in [-0.05, 0) is 48.7 Å². The van der Waals surface area contributed by atoms with Crippen molar-refractivity contribution < 1.29 is 48.3 Å². The van der Waals surface area contributed by atoms with E-state index in [1.807, 2.05) is 0 Å². The van der Waals surface area contributed by atoms with E-state index in [0.717, 1.165) is 0 Å². The Bertz CT molecular complexity index is 1950. The van der Waals surface area contributed by atoms with Gasteiger partial charge in [0.2, 0.25) is 5.91 Å².